The standard InChI is InChI=1S/C20H20N6O3S/c21-10-12-3-1-2-4-15(12)26-16-7-8-22-20(27)18(16)19(25-26)24-14-5-6-17-13(9-14)11-23-30(17,28)29/h5-9,12,15,23H,1-4,11H2,(H,22,27)(H,24,25). The van der Waals surface area contributed by atoms with Crippen molar-refractivity contribution < 1.29 is 8.42 Å². The molecule has 1 aliphatic heterocycles. The largest absolute Gasteiger partial charge is 0.338 e. The van der Waals surface area contributed by atoms with Gasteiger partial charge in [0, 0.05) is 18.4 Å². The molecule has 2 unspecified atom stereocenters. The van der Waals surface area contributed by atoms with Gasteiger partial charge in [0.2, 0.25) is 10.0 Å². The van der Waals surface area contributed by atoms with Crippen LogP contribution in [0.15, 0.2) is 40.2 Å². The van der Waals surface area contributed by atoms with E-state index < -0.39 is 10.0 Å². The molecule has 2 aromatic heterocycles. The Morgan fingerprint density at radius 1 is 1.23 bits per heavy atom. The molecule has 2 atom stereocenters. The second kappa shape index (κ2) is 6.97. The highest BCUT2D eigenvalue weighted by atomic mass is 32.2. The summed E-state index contributed by atoms with van der Waals surface area (Å²) in [7, 11) is -3.44. The summed E-state index contributed by atoms with van der Waals surface area (Å²) in [5, 5.41) is 17.9. The van der Waals surface area contributed by atoms with Crippen LogP contribution in [0.2, 0.25) is 0 Å². The number of anilines is 2. The highest BCUT2D eigenvalue weighted by Crippen LogP contribution is 2.37. The Morgan fingerprint density at radius 3 is 2.90 bits per heavy atom. The number of rotatable bonds is 3. The van der Waals surface area contributed by atoms with Crippen molar-refractivity contribution in [1.29, 1.82) is 5.26 Å². The SMILES string of the molecule is N#CC1CCCCC1n1nc(Nc2ccc3c(c2)CNS3(=O)=O)c2c(=O)[nH]ccc21. The van der Waals surface area contributed by atoms with Crippen molar-refractivity contribution in [3.05, 3.63) is 46.4 Å². The van der Waals surface area contributed by atoms with E-state index in [1.165, 1.54) is 0 Å². The third-order valence-corrected chi connectivity index (χ3v) is 7.41. The van der Waals surface area contributed by atoms with Crippen LogP contribution in [-0.2, 0) is 16.6 Å². The normalized spacial score (nSPS) is 22.5. The predicted molar refractivity (Wildman–Crippen MR) is 111 cm³/mol. The van der Waals surface area contributed by atoms with Gasteiger partial charge in [-0.1, -0.05) is 12.8 Å². The first kappa shape index (κ1) is 18.8. The van der Waals surface area contributed by atoms with Gasteiger partial charge in [0.1, 0.15) is 5.39 Å². The molecular weight excluding hydrogens is 404 g/mol. The Labute approximate surface area is 172 Å². The zero-order valence-corrected chi connectivity index (χ0v) is 16.9. The number of sulfonamides is 1. The van der Waals surface area contributed by atoms with E-state index in [-0.39, 0.29) is 29.0 Å². The fourth-order valence-corrected chi connectivity index (χ4v) is 5.66. The van der Waals surface area contributed by atoms with Crippen LogP contribution >= 0.6 is 0 Å². The van der Waals surface area contributed by atoms with Gasteiger partial charge < -0.3 is 10.3 Å². The van der Waals surface area contributed by atoms with Crippen molar-refractivity contribution in [3.8, 4) is 6.07 Å². The first-order valence-corrected chi connectivity index (χ1v) is 11.4. The molecule has 3 aromatic rings. The molecule has 0 bridgehead atoms. The number of H-pyrrole nitrogens is 1. The smallest absolute Gasteiger partial charge is 0.261 e. The van der Waals surface area contributed by atoms with Gasteiger partial charge in [-0.3, -0.25) is 9.48 Å². The second-order valence-electron chi connectivity index (χ2n) is 7.72. The molecule has 0 saturated heterocycles. The van der Waals surface area contributed by atoms with Gasteiger partial charge in [-0.05, 0) is 42.7 Å². The highest BCUT2D eigenvalue weighted by Gasteiger charge is 2.30. The molecule has 0 spiro atoms. The van der Waals surface area contributed by atoms with Crippen LogP contribution in [0.25, 0.3) is 10.9 Å². The summed E-state index contributed by atoms with van der Waals surface area (Å²) >= 11 is 0. The molecule has 1 aromatic carbocycles. The summed E-state index contributed by atoms with van der Waals surface area (Å²) in [6.45, 7) is 0.231. The van der Waals surface area contributed by atoms with E-state index in [1.54, 1.807) is 35.1 Å². The van der Waals surface area contributed by atoms with Crippen molar-refractivity contribution in [2.45, 2.75) is 43.2 Å². The Kier molecular flexibility index (Phi) is 4.38. The first-order valence-electron chi connectivity index (χ1n) is 9.87. The zero-order valence-electron chi connectivity index (χ0n) is 16.1. The van der Waals surface area contributed by atoms with Crippen molar-refractivity contribution in [2.24, 2.45) is 5.92 Å². The van der Waals surface area contributed by atoms with E-state index in [9.17, 15) is 18.5 Å². The Hall–Kier alpha value is -3.16. The van der Waals surface area contributed by atoms with Crippen LogP contribution in [0.4, 0.5) is 11.5 Å². The molecule has 30 heavy (non-hydrogen) atoms. The average molecular weight is 424 g/mol. The van der Waals surface area contributed by atoms with Crippen LogP contribution < -0.4 is 15.6 Å². The molecule has 3 N–H and O–H groups in total. The Morgan fingerprint density at radius 2 is 2.07 bits per heavy atom. The molecule has 5 rings (SSSR count). The Bertz CT molecular complexity index is 1350. The monoisotopic (exact) mass is 424 g/mol. The molecule has 0 amide bonds. The summed E-state index contributed by atoms with van der Waals surface area (Å²) < 4.78 is 28.2. The maximum absolute atomic E-state index is 12.6. The lowest BCUT2D eigenvalue weighted by atomic mass is 9.85. The highest BCUT2D eigenvalue weighted by molar-refractivity contribution is 7.89. The Balaban J connectivity index is 1.59. The number of hydrogen-bond acceptors (Lipinski definition) is 6. The third-order valence-electron chi connectivity index (χ3n) is 5.91. The molecule has 1 saturated carbocycles. The maximum atomic E-state index is 12.6. The number of benzene rings is 1. The summed E-state index contributed by atoms with van der Waals surface area (Å²) in [5.41, 5.74) is 1.71. The van der Waals surface area contributed by atoms with Crippen LogP contribution in [-0.4, -0.2) is 23.2 Å². The summed E-state index contributed by atoms with van der Waals surface area (Å²) in [5.74, 6) is 0.244. The van der Waals surface area contributed by atoms with Crippen LogP contribution in [0.3, 0.4) is 0 Å². The molecule has 2 aliphatic rings. The minimum absolute atomic E-state index is 0.0852. The summed E-state index contributed by atoms with van der Waals surface area (Å²) in [6.07, 6.45) is 5.28. The number of nitrogens with one attached hydrogen (secondary N) is 3. The van der Waals surface area contributed by atoms with E-state index in [0.29, 0.717) is 28.0 Å². The summed E-state index contributed by atoms with van der Waals surface area (Å²) in [6, 6.07) is 9.06. The topological polar surface area (TPSA) is 133 Å². The molecule has 0 radical (unpaired) electrons. The average Bonchev–Trinajstić information content (AvgIpc) is 3.26. The minimum atomic E-state index is -3.44. The van der Waals surface area contributed by atoms with Crippen LogP contribution in [0.1, 0.15) is 37.3 Å². The molecule has 10 heteroatoms. The van der Waals surface area contributed by atoms with E-state index in [0.717, 1.165) is 25.7 Å². The van der Waals surface area contributed by atoms with Crippen LogP contribution in [0.5, 0.6) is 0 Å². The number of nitriles is 1. The van der Waals surface area contributed by atoms with Gasteiger partial charge in [0.05, 0.1) is 28.4 Å². The van der Waals surface area contributed by atoms with E-state index in [4.69, 9.17) is 5.10 Å². The lowest BCUT2D eigenvalue weighted by Crippen LogP contribution is -2.23. The van der Waals surface area contributed by atoms with Gasteiger partial charge in [-0.2, -0.15) is 10.4 Å². The lowest BCUT2D eigenvalue weighted by Gasteiger charge is -2.27. The predicted octanol–water partition coefficient (Wildman–Crippen LogP) is 2.51. The fraction of sp³-hybridized carbons (Fsp3) is 0.350. The third kappa shape index (κ3) is 2.98. The van der Waals surface area contributed by atoms with Crippen molar-refractivity contribution in [2.75, 3.05) is 5.32 Å². The van der Waals surface area contributed by atoms with E-state index in [2.05, 4.69) is 21.1 Å². The van der Waals surface area contributed by atoms with E-state index in [1.807, 2.05) is 0 Å². The van der Waals surface area contributed by atoms with Crippen molar-refractivity contribution in [1.82, 2.24) is 19.5 Å². The number of aromatic amines is 1. The second-order valence-corrected chi connectivity index (χ2v) is 9.46. The first-order chi connectivity index (χ1) is 14.5. The number of aromatic nitrogens is 3. The molecule has 3 heterocycles. The molecular formula is C20H20N6O3S. The molecule has 9 nitrogen and oxygen atoms in total. The van der Waals surface area contributed by atoms with Gasteiger partial charge >= 0.3 is 0 Å². The maximum Gasteiger partial charge on any atom is 0.261 e. The quantitative estimate of drug-likeness (QED) is 0.592. The zero-order chi connectivity index (χ0) is 20.9. The van der Waals surface area contributed by atoms with Gasteiger partial charge in [0.25, 0.3) is 5.56 Å². The number of pyridine rings is 1. The fourth-order valence-electron chi connectivity index (χ4n) is 4.44. The van der Waals surface area contributed by atoms with Crippen LogP contribution in [0, 0.1) is 17.2 Å². The number of hydrogen-bond donors (Lipinski definition) is 3. The molecule has 1 fully saturated rings. The molecule has 1 aliphatic carbocycles. The minimum Gasteiger partial charge on any atom is -0.338 e. The molecule has 154 valence electrons. The van der Waals surface area contributed by atoms with E-state index >= 15 is 0 Å². The number of fused-ring (bicyclic) bond motifs is 2. The number of nitrogens with zero attached hydrogens (tertiary/aromatic N) is 3. The van der Waals surface area contributed by atoms with Crippen molar-refractivity contribution >= 4 is 32.4 Å². The van der Waals surface area contributed by atoms with Gasteiger partial charge in [0.15, 0.2) is 5.82 Å². The summed E-state index contributed by atoms with van der Waals surface area (Å²) in [4.78, 5) is 15.6. The lowest BCUT2D eigenvalue weighted by molar-refractivity contribution is 0.277. The van der Waals surface area contributed by atoms with Gasteiger partial charge in [-0.25, -0.2) is 13.1 Å². The van der Waals surface area contributed by atoms with Gasteiger partial charge in [-0.15, -0.1) is 0 Å². The van der Waals surface area contributed by atoms with Crippen molar-refractivity contribution in [3.63, 3.8) is 0 Å².